The number of halogens is 6. The molecule has 2 fully saturated rings. The van der Waals surface area contributed by atoms with Crippen LogP contribution in [0, 0.1) is 23.2 Å². The quantitative estimate of drug-likeness (QED) is 0.0339. The lowest BCUT2D eigenvalue weighted by Crippen LogP contribution is -2.58. The molecular formula is C46H76F6N2O5S2. The van der Waals surface area contributed by atoms with Crippen molar-refractivity contribution in [2.45, 2.75) is 159 Å². The highest BCUT2D eigenvalue weighted by atomic mass is 33.1. The fraction of sp³-hybridized carbons (Fsp3) is 0.870. The predicted octanol–water partition coefficient (Wildman–Crippen LogP) is 12.4. The van der Waals surface area contributed by atoms with Crippen LogP contribution < -0.4 is 10.6 Å². The number of rotatable bonds is 31. The number of benzene rings is 1. The number of hydrogen-bond donors (Lipinski definition) is 1. The highest BCUT2D eigenvalue weighted by molar-refractivity contribution is 8.76. The molecule has 3 aliphatic carbocycles. The van der Waals surface area contributed by atoms with Gasteiger partial charge < -0.3 is 28.7 Å². The molecular weight excluding hydrogens is 839 g/mol. The van der Waals surface area contributed by atoms with Crippen molar-refractivity contribution in [1.29, 1.82) is 0 Å². The van der Waals surface area contributed by atoms with Gasteiger partial charge in [-0.25, -0.2) is 5.90 Å². The van der Waals surface area contributed by atoms with Gasteiger partial charge in [-0.1, -0.05) is 80.0 Å². The topological polar surface area (TPSA) is 75.4 Å². The van der Waals surface area contributed by atoms with Crippen LogP contribution in [0.25, 0.3) is 0 Å². The molecule has 7 nitrogen and oxygen atoms in total. The summed E-state index contributed by atoms with van der Waals surface area (Å²) < 4.78 is 104. The van der Waals surface area contributed by atoms with E-state index >= 15 is 0 Å². The van der Waals surface area contributed by atoms with E-state index in [0.29, 0.717) is 43.5 Å². The smallest absolute Gasteiger partial charge is 0.426 e. The largest absolute Gasteiger partial charge is 0.492 e. The molecule has 1 aromatic carbocycles. The second kappa shape index (κ2) is 26.3. The van der Waals surface area contributed by atoms with E-state index in [4.69, 9.17) is 24.9 Å². The molecule has 6 atom stereocenters. The molecule has 61 heavy (non-hydrogen) atoms. The number of methoxy groups -OCH3 is 1. The fourth-order valence-electron chi connectivity index (χ4n) is 10.4. The van der Waals surface area contributed by atoms with Crippen LogP contribution in [0.3, 0.4) is 0 Å². The zero-order valence-corrected chi connectivity index (χ0v) is 39.0. The predicted molar refractivity (Wildman–Crippen MR) is 236 cm³/mol. The Labute approximate surface area is 370 Å². The van der Waals surface area contributed by atoms with Crippen LogP contribution in [0.1, 0.15) is 140 Å². The summed E-state index contributed by atoms with van der Waals surface area (Å²) in [6.45, 7) is 6.88. The number of hydrogen-bond acceptors (Lipinski definition) is 9. The van der Waals surface area contributed by atoms with E-state index in [1.165, 1.54) is 80.9 Å². The first-order valence-electron chi connectivity index (χ1n) is 23.1. The second-order valence-corrected chi connectivity index (χ2v) is 20.8. The first-order chi connectivity index (χ1) is 29.2. The SMILES string of the molecule is CCCC(OCCCOC1CCC2C3CCc4cc(OCCN(C)CCCCCCSSCCCCCCC(COC)CON)ccc4C3CCC12C)(C(F)(F)F)C(F)(F)F. The third-order valence-electron chi connectivity index (χ3n) is 13.8. The van der Waals surface area contributed by atoms with E-state index in [-0.39, 0.29) is 31.0 Å². The number of aryl methyl sites for hydroxylation is 1. The molecule has 6 unspecified atom stereocenters. The maximum Gasteiger partial charge on any atom is 0.426 e. The number of fused-ring (bicyclic) bond motifs is 5. The van der Waals surface area contributed by atoms with E-state index in [1.807, 2.05) is 21.6 Å². The molecule has 0 aromatic heterocycles. The first-order valence-corrected chi connectivity index (χ1v) is 25.6. The van der Waals surface area contributed by atoms with Crippen molar-refractivity contribution >= 4 is 21.6 Å². The minimum absolute atomic E-state index is 0.0262. The van der Waals surface area contributed by atoms with Crippen LogP contribution in [0.5, 0.6) is 5.75 Å². The number of unbranched alkanes of at least 4 members (excludes halogenated alkanes) is 6. The van der Waals surface area contributed by atoms with Crippen molar-refractivity contribution in [3.63, 3.8) is 0 Å². The van der Waals surface area contributed by atoms with Crippen molar-refractivity contribution in [1.82, 2.24) is 4.90 Å². The lowest BCUT2D eigenvalue weighted by molar-refractivity contribution is -0.383. The summed E-state index contributed by atoms with van der Waals surface area (Å²) in [6.07, 6.45) is 4.51. The number of alkyl halides is 6. The van der Waals surface area contributed by atoms with Gasteiger partial charge in [-0.15, -0.1) is 0 Å². The molecule has 354 valence electrons. The van der Waals surface area contributed by atoms with Crippen molar-refractivity contribution in [3.05, 3.63) is 29.3 Å². The Morgan fingerprint density at radius 2 is 1.54 bits per heavy atom. The highest BCUT2D eigenvalue weighted by Gasteiger charge is 2.71. The van der Waals surface area contributed by atoms with E-state index in [2.05, 4.69) is 41.8 Å². The van der Waals surface area contributed by atoms with Gasteiger partial charge in [0.2, 0.25) is 0 Å². The van der Waals surface area contributed by atoms with Crippen LogP contribution in [-0.4, -0.2) is 101 Å². The summed E-state index contributed by atoms with van der Waals surface area (Å²) in [7, 11) is 7.94. The maximum atomic E-state index is 13.6. The third-order valence-corrected chi connectivity index (χ3v) is 16.3. The Bertz CT molecular complexity index is 1360. The molecule has 0 spiro atoms. The first kappa shape index (κ1) is 52.7. The van der Waals surface area contributed by atoms with Gasteiger partial charge in [0.15, 0.2) is 0 Å². The van der Waals surface area contributed by atoms with Gasteiger partial charge in [0.25, 0.3) is 5.60 Å². The van der Waals surface area contributed by atoms with Crippen molar-refractivity contribution in [3.8, 4) is 5.75 Å². The molecule has 0 heterocycles. The summed E-state index contributed by atoms with van der Waals surface area (Å²) in [4.78, 5) is 7.16. The van der Waals surface area contributed by atoms with Crippen LogP contribution in [0.4, 0.5) is 26.3 Å². The minimum atomic E-state index is -5.55. The van der Waals surface area contributed by atoms with Crippen molar-refractivity contribution < 1.29 is 50.1 Å². The van der Waals surface area contributed by atoms with Crippen LogP contribution in [-0.2, 0) is 25.5 Å². The van der Waals surface area contributed by atoms with E-state index in [1.54, 1.807) is 7.11 Å². The zero-order valence-electron chi connectivity index (χ0n) is 37.4. The van der Waals surface area contributed by atoms with Crippen molar-refractivity contribution in [2.24, 2.45) is 29.1 Å². The van der Waals surface area contributed by atoms with Gasteiger partial charge in [0, 0.05) is 37.7 Å². The fourth-order valence-corrected chi connectivity index (χ4v) is 12.7. The third kappa shape index (κ3) is 15.3. The van der Waals surface area contributed by atoms with Gasteiger partial charge in [-0.3, -0.25) is 0 Å². The van der Waals surface area contributed by atoms with Gasteiger partial charge in [-0.2, -0.15) is 26.3 Å². The molecule has 1 aromatic rings. The molecule has 2 N–H and O–H groups in total. The van der Waals surface area contributed by atoms with Gasteiger partial charge in [0.1, 0.15) is 12.4 Å². The Morgan fingerprint density at radius 3 is 2.21 bits per heavy atom. The van der Waals surface area contributed by atoms with E-state index in [0.717, 1.165) is 63.8 Å². The summed E-state index contributed by atoms with van der Waals surface area (Å²) >= 11 is 0. The van der Waals surface area contributed by atoms with Gasteiger partial charge in [-0.05, 0) is 137 Å². The maximum absolute atomic E-state index is 13.6. The average molecular weight is 915 g/mol. The summed E-state index contributed by atoms with van der Waals surface area (Å²) in [5.41, 5.74) is -1.39. The Hall–Kier alpha value is -0.940. The molecule has 0 aliphatic heterocycles. The van der Waals surface area contributed by atoms with Crippen LogP contribution in [0.2, 0.25) is 0 Å². The molecule has 2 saturated carbocycles. The van der Waals surface area contributed by atoms with Crippen LogP contribution >= 0.6 is 21.6 Å². The summed E-state index contributed by atoms with van der Waals surface area (Å²) in [5, 5.41) is 0. The summed E-state index contributed by atoms with van der Waals surface area (Å²) in [5.74, 6) is 10.5. The van der Waals surface area contributed by atoms with Gasteiger partial charge in [0.05, 0.1) is 25.9 Å². The molecule has 15 heteroatoms. The minimum Gasteiger partial charge on any atom is -0.492 e. The Morgan fingerprint density at radius 1 is 0.836 bits per heavy atom. The Balaban J connectivity index is 1.06. The summed E-state index contributed by atoms with van der Waals surface area (Å²) in [6, 6.07) is 6.64. The highest BCUT2D eigenvalue weighted by Crippen LogP contribution is 2.61. The zero-order chi connectivity index (χ0) is 44.4. The lowest BCUT2D eigenvalue weighted by atomic mass is 9.55. The van der Waals surface area contributed by atoms with E-state index in [9.17, 15) is 26.3 Å². The molecule has 3 aliphatic rings. The number of nitrogens with zero attached hydrogens (tertiary/aromatic N) is 1. The normalized spacial score (nSPS) is 23.5. The molecule has 4 rings (SSSR count). The lowest BCUT2D eigenvalue weighted by Gasteiger charge is -2.50. The number of nitrogens with two attached hydrogens (primary N) is 1. The standard InChI is InChI=1S/C46H76F6N2O5S2/c1-5-23-44(45(47,48)49,46(50,51)52)58-28-14-27-57-42-21-20-41-40-18-16-36-32-37(17-19-38(36)39(40)22-24-43(41,42)2)56-29-26-54(3)25-11-7-9-13-31-61-60-30-12-8-6-10-15-35(33-55-4)34-59-53/h17,19,32,35,39-42H,5-16,18,20-31,33-34,53H2,1-4H3. The van der Waals surface area contributed by atoms with Crippen LogP contribution in [0.15, 0.2) is 18.2 Å². The van der Waals surface area contributed by atoms with E-state index < -0.39 is 31.0 Å². The number of ether oxygens (including phenoxy) is 4. The Kier molecular flexibility index (Phi) is 22.7. The average Bonchev–Trinajstić information content (AvgIpc) is 3.55. The second-order valence-electron chi connectivity index (χ2n) is 18.1. The molecule has 0 radical (unpaired) electrons. The molecule has 0 bridgehead atoms. The van der Waals surface area contributed by atoms with Gasteiger partial charge >= 0.3 is 12.4 Å². The van der Waals surface area contributed by atoms with Crippen molar-refractivity contribution in [2.75, 3.05) is 71.8 Å². The molecule has 0 amide bonds. The monoisotopic (exact) mass is 915 g/mol. The number of likely N-dealkylation sites (N-methyl/N-ethyl adjacent to an activating group) is 1. The molecule has 0 saturated heterocycles.